The number of halogens is 15. The van der Waals surface area contributed by atoms with Gasteiger partial charge in [0.1, 0.15) is 23.0 Å². The molecule has 19 rings (SSSR count). The number of anilines is 5. The molecule has 0 saturated heterocycles. The fourth-order valence-corrected chi connectivity index (χ4v) is 16.7. The molecule has 0 aliphatic heterocycles. The number of nitrogens with one attached hydrogen (secondary N) is 5. The van der Waals surface area contributed by atoms with E-state index in [9.17, 15) is 81.0 Å². The third kappa shape index (κ3) is 21.9. The Bertz CT molecular complexity index is 6800. The maximum atomic E-state index is 14.6. The van der Waals surface area contributed by atoms with Crippen LogP contribution in [0.5, 0.6) is 0 Å². The molecule has 0 radical (unpaired) electrons. The molecule has 5 aliphatic rings. The van der Waals surface area contributed by atoms with Gasteiger partial charge in [0.05, 0.1) is 124 Å². The van der Waals surface area contributed by atoms with E-state index in [1.807, 2.05) is 38.1 Å². The van der Waals surface area contributed by atoms with Gasteiger partial charge in [0.2, 0.25) is 5.91 Å². The number of hydrogen-bond acceptors (Lipinski definition) is 16. The number of carbonyl (C=O) groups is 5. The Hall–Kier alpha value is -14.7. The van der Waals surface area contributed by atoms with Crippen molar-refractivity contribution in [3.8, 4) is 56.3 Å². The van der Waals surface area contributed by atoms with E-state index in [4.69, 9.17) is 23.2 Å². The van der Waals surface area contributed by atoms with E-state index < -0.39 is 70.2 Å². The number of hydrogen-bond donors (Lipinski definition) is 5. The van der Waals surface area contributed by atoms with Crippen molar-refractivity contribution in [3.63, 3.8) is 0 Å². The summed E-state index contributed by atoms with van der Waals surface area (Å²) in [5, 5.41) is 13.2. The van der Waals surface area contributed by atoms with Crippen LogP contribution in [0.25, 0.3) is 56.3 Å². The van der Waals surface area contributed by atoms with Crippen molar-refractivity contribution in [3.05, 3.63) is 341 Å². The summed E-state index contributed by atoms with van der Waals surface area (Å²) in [6, 6.07) is 33.3. The lowest BCUT2D eigenvalue weighted by atomic mass is 9.98. The van der Waals surface area contributed by atoms with Crippen LogP contribution in [0, 0.1) is 62.7 Å². The van der Waals surface area contributed by atoms with E-state index in [1.165, 1.54) is 117 Å². The van der Waals surface area contributed by atoms with Crippen molar-refractivity contribution in [1.29, 1.82) is 0 Å². The highest BCUT2D eigenvalue weighted by molar-refractivity contribution is 6.34. The molecule has 6 aromatic heterocycles. The molecular weight excluding hydrogens is 1820 g/mol. The number of fused-ring (bicyclic) bond motifs is 5. The average molecular weight is 1900 g/mol. The van der Waals surface area contributed by atoms with E-state index in [1.54, 1.807) is 76.2 Å². The number of nitrogens with zero attached hydrogens (tertiary/aromatic N) is 11. The molecule has 5 amide bonds. The Morgan fingerprint density at radius 1 is 0.346 bits per heavy atom. The van der Waals surface area contributed by atoms with Gasteiger partial charge >= 0.3 is 0 Å². The van der Waals surface area contributed by atoms with Crippen molar-refractivity contribution >= 4 is 81.8 Å². The minimum Gasteiger partial charge on any atom is -0.309 e. The summed E-state index contributed by atoms with van der Waals surface area (Å²) < 4.78 is 180. The SMILES string of the molecule is Cc1c(-c2cnc(NC(=O)c3ccccc3F)cn2)cc2c(c1F)CCC2.Cc1cc2c(cc1-c1cnc(NC(=O)C(C)C)cn1)C(F)(F)CC2.Cc1cc2c(cc1-c1cnc(NC(=O)c3c(F)cncc3F)cn1)C(F)(F)CC2.Cc1ccccc1C(=O)Nc1cnc(-c2cc3c(cc2Cl)CC(F)(F)C3)cn1.O=C(Nc1cnc(-c2cc3c(cc2Cl)CC(F)(F)C3)cn1)c1ccccc1F. The Kier molecular flexibility index (Phi) is 28.1. The topological polar surface area (TPSA) is 287 Å². The summed E-state index contributed by atoms with van der Waals surface area (Å²) >= 11 is 12.5. The van der Waals surface area contributed by atoms with Gasteiger partial charge < -0.3 is 26.6 Å². The van der Waals surface area contributed by atoms with E-state index in [2.05, 4.69) is 81.4 Å². The number of rotatable bonds is 15. The molecule has 0 bridgehead atoms. The molecule has 0 atom stereocenters. The van der Waals surface area contributed by atoms with Crippen LogP contribution in [-0.4, -0.2) is 96.2 Å². The van der Waals surface area contributed by atoms with Gasteiger partial charge in [-0.05, 0) is 199 Å². The van der Waals surface area contributed by atoms with Crippen molar-refractivity contribution < 1.29 is 81.0 Å². The average Bonchev–Trinajstić information content (AvgIpc) is 1.62. The summed E-state index contributed by atoms with van der Waals surface area (Å²) in [6.45, 7) is 10.8. The van der Waals surface area contributed by atoms with Gasteiger partial charge in [0, 0.05) is 89.0 Å². The van der Waals surface area contributed by atoms with Crippen LogP contribution in [-0.2, 0) is 68.0 Å². The molecular formula is C100H79Cl2F13N16O5. The van der Waals surface area contributed by atoms with Crippen LogP contribution in [0.15, 0.2) is 202 Å². The standard InChI is InChI=1S/C21H16ClF2N3O.C21H17F2N3O.C20H13ClF3N3O.C20H14F4N4O.C18H19F2N3O/c1-12-4-2-3-5-15(12)20(28)27-19-11-25-18(10-26-19)16-6-13-8-21(23,24)9-14(13)7-17(16)22;1-12-16(9-13-5-4-7-14(13)20(12)23)18-10-25-19(11-24-18)26-21(27)15-6-2-3-8-17(15)22;21-15-6-12-8-20(23,24)7-11(12)5-14(15)17-9-26-18(10-25-17)27-19(28)13-3-1-2-4-16(13)22;1-10-4-11-2-3-20(23,24)13(11)5-12(10)16-8-27-17(9-26-16)28-19(29)18-14(21)6-25-7-15(18)22;1-10(2)17(24)23-16-9-21-15(8-22-16)13-7-14-12(6-11(13)3)4-5-18(14,19)20/h2-7,10-11H,8-9H2,1H3,(H,26,27,28);2-3,6,8-11H,4-5,7H2,1H3,(H,25,26,27);1-6,9-10H,7-8H2,(H,26,27,28);4-9H,2-3H2,1H3,(H,27,28,29);6-10H,4-5H2,1-3H3,(H,22,23,24). The Morgan fingerprint density at radius 3 is 1.09 bits per heavy atom. The van der Waals surface area contributed by atoms with E-state index in [0.29, 0.717) is 135 Å². The number of aryl methyl sites for hydroxylation is 6. The van der Waals surface area contributed by atoms with Gasteiger partial charge in [0.15, 0.2) is 40.7 Å². The van der Waals surface area contributed by atoms with Crippen LogP contribution < -0.4 is 26.6 Å². The van der Waals surface area contributed by atoms with Gasteiger partial charge in [-0.3, -0.25) is 53.9 Å². The molecule has 136 heavy (non-hydrogen) atoms. The summed E-state index contributed by atoms with van der Waals surface area (Å²) in [4.78, 5) is 106. The van der Waals surface area contributed by atoms with Gasteiger partial charge in [-0.1, -0.05) is 91.6 Å². The Morgan fingerprint density at radius 2 is 0.699 bits per heavy atom. The van der Waals surface area contributed by atoms with E-state index in [0.717, 1.165) is 59.5 Å². The van der Waals surface area contributed by atoms with Crippen molar-refractivity contribution in [2.45, 2.75) is 136 Å². The second kappa shape index (κ2) is 39.9. The van der Waals surface area contributed by atoms with Crippen molar-refractivity contribution in [1.82, 2.24) is 54.8 Å². The summed E-state index contributed by atoms with van der Waals surface area (Å²) in [6.07, 6.45) is 17.0. The zero-order valence-corrected chi connectivity index (χ0v) is 74.5. The number of amides is 5. The lowest BCUT2D eigenvalue weighted by Gasteiger charge is -2.14. The minimum atomic E-state index is -2.88. The molecule has 21 nitrogen and oxygen atoms in total. The first kappa shape index (κ1) is 95.9. The van der Waals surface area contributed by atoms with Crippen molar-refractivity contribution in [2.24, 2.45) is 5.92 Å². The zero-order chi connectivity index (χ0) is 97.0. The third-order valence-corrected chi connectivity index (χ3v) is 23.8. The maximum Gasteiger partial charge on any atom is 0.273 e. The van der Waals surface area contributed by atoms with Gasteiger partial charge in [-0.25, -0.2) is 82.0 Å². The Labute approximate surface area is 779 Å². The van der Waals surface area contributed by atoms with Crippen molar-refractivity contribution in [2.75, 3.05) is 26.6 Å². The lowest BCUT2D eigenvalue weighted by Crippen LogP contribution is -2.18. The first-order valence-corrected chi connectivity index (χ1v) is 43.2. The number of aromatic nitrogens is 11. The quantitative estimate of drug-likeness (QED) is 0.0596. The molecule has 694 valence electrons. The molecule has 0 saturated carbocycles. The largest absolute Gasteiger partial charge is 0.309 e. The smallest absolute Gasteiger partial charge is 0.273 e. The lowest BCUT2D eigenvalue weighted by molar-refractivity contribution is -0.118. The number of carbonyl (C=O) groups excluding carboxylic acids is 5. The van der Waals surface area contributed by atoms with Crippen LogP contribution in [0.4, 0.5) is 86.2 Å². The molecule has 0 fully saturated rings. The number of pyridine rings is 1. The van der Waals surface area contributed by atoms with Gasteiger partial charge in [-0.2, -0.15) is 0 Å². The Balaban J connectivity index is 0.000000129. The molecule has 5 aliphatic carbocycles. The number of alkyl halides is 8. The molecule has 5 N–H and O–H groups in total. The fourth-order valence-electron chi connectivity index (χ4n) is 16.1. The first-order valence-electron chi connectivity index (χ1n) is 42.5. The highest BCUT2D eigenvalue weighted by Crippen LogP contribution is 2.47. The minimum absolute atomic E-state index is 0.0130. The summed E-state index contributed by atoms with van der Waals surface area (Å²) in [5.41, 5.74) is 13.2. The predicted octanol–water partition coefficient (Wildman–Crippen LogP) is 23.0. The van der Waals surface area contributed by atoms with Crippen LogP contribution >= 0.6 is 23.2 Å². The second-order valence-corrected chi connectivity index (χ2v) is 34.0. The molecule has 14 aromatic rings. The molecule has 36 heteroatoms. The molecule has 8 aromatic carbocycles. The molecule has 6 heterocycles. The summed E-state index contributed by atoms with van der Waals surface area (Å²) in [7, 11) is 0. The maximum absolute atomic E-state index is 14.6. The van der Waals surface area contributed by atoms with Gasteiger partial charge in [0.25, 0.3) is 47.3 Å². The van der Waals surface area contributed by atoms with Crippen LogP contribution in [0.3, 0.4) is 0 Å². The van der Waals surface area contributed by atoms with E-state index in [-0.39, 0.29) is 102 Å². The first-order chi connectivity index (χ1) is 64.7. The molecule has 0 unspecified atom stereocenters. The van der Waals surface area contributed by atoms with Crippen LogP contribution in [0.2, 0.25) is 10.0 Å². The zero-order valence-electron chi connectivity index (χ0n) is 73.0. The molecule has 0 spiro atoms. The second-order valence-electron chi connectivity index (χ2n) is 33.2. The summed E-state index contributed by atoms with van der Waals surface area (Å²) in [5.74, 6) is -16.8. The highest BCUT2D eigenvalue weighted by atomic mass is 35.5. The number of benzene rings is 8. The monoisotopic (exact) mass is 1900 g/mol. The highest BCUT2D eigenvalue weighted by Gasteiger charge is 2.43. The van der Waals surface area contributed by atoms with E-state index >= 15 is 0 Å². The fraction of sp³-hybridized carbons (Fsp3) is 0.220. The normalized spacial score (nSPS) is 14.3. The third-order valence-electron chi connectivity index (χ3n) is 23.1. The predicted molar refractivity (Wildman–Crippen MR) is 486 cm³/mol. The van der Waals surface area contributed by atoms with Crippen LogP contribution in [0.1, 0.15) is 152 Å². The van der Waals surface area contributed by atoms with Gasteiger partial charge in [-0.15, -0.1) is 0 Å².